The topological polar surface area (TPSA) is 94.7 Å². The highest BCUT2D eigenvalue weighted by molar-refractivity contribution is 5.97. The Morgan fingerprint density at radius 2 is 1.88 bits per heavy atom. The van der Waals surface area contributed by atoms with E-state index in [1.807, 2.05) is 28.8 Å². The lowest BCUT2D eigenvalue weighted by Crippen LogP contribution is -2.27. The Morgan fingerprint density at radius 1 is 1.03 bits per heavy atom. The molecule has 162 valence electrons. The monoisotopic (exact) mass is 428 g/mol. The Hall–Kier alpha value is -3.81. The van der Waals surface area contributed by atoms with Crippen LogP contribution >= 0.6 is 0 Å². The molecule has 4 aromatic rings. The SMILES string of the molecule is O=C(NCc1ccc(-n2cncn2)cc1)c1ccc2c(=O)n3c(nc2c1)CCCCCC3. The van der Waals surface area contributed by atoms with E-state index >= 15 is 0 Å². The lowest BCUT2D eigenvalue weighted by atomic mass is 10.1. The highest BCUT2D eigenvalue weighted by Gasteiger charge is 2.15. The predicted octanol–water partition coefficient (Wildman–Crippen LogP) is 3.02. The van der Waals surface area contributed by atoms with E-state index in [2.05, 4.69) is 15.4 Å². The normalized spacial score (nSPS) is 13.9. The molecule has 0 spiro atoms. The summed E-state index contributed by atoms with van der Waals surface area (Å²) in [5.41, 5.74) is 2.96. The Kier molecular flexibility index (Phi) is 5.49. The summed E-state index contributed by atoms with van der Waals surface area (Å²) in [6.07, 6.45) is 8.26. The van der Waals surface area contributed by atoms with Crippen LogP contribution in [0.4, 0.5) is 0 Å². The first-order valence-corrected chi connectivity index (χ1v) is 10.9. The number of fused-ring (bicyclic) bond motifs is 2. The van der Waals surface area contributed by atoms with E-state index in [1.54, 1.807) is 29.2 Å². The van der Waals surface area contributed by atoms with Gasteiger partial charge in [-0.2, -0.15) is 5.10 Å². The molecule has 0 unspecified atom stereocenters. The molecule has 3 heterocycles. The van der Waals surface area contributed by atoms with Crippen LogP contribution in [0.2, 0.25) is 0 Å². The van der Waals surface area contributed by atoms with Crippen LogP contribution in [-0.4, -0.2) is 30.2 Å². The zero-order chi connectivity index (χ0) is 21.9. The van der Waals surface area contributed by atoms with Gasteiger partial charge in [-0.05, 0) is 48.7 Å². The molecule has 2 aromatic heterocycles. The molecule has 1 amide bonds. The average Bonchev–Trinajstić information content (AvgIpc) is 3.34. The van der Waals surface area contributed by atoms with E-state index in [4.69, 9.17) is 4.98 Å². The lowest BCUT2D eigenvalue weighted by molar-refractivity contribution is 0.0951. The second-order valence-electron chi connectivity index (χ2n) is 8.07. The molecule has 8 heteroatoms. The zero-order valence-electron chi connectivity index (χ0n) is 17.7. The number of carbonyl (C=O) groups is 1. The molecule has 0 bridgehead atoms. The van der Waals surface area contributed by atoms with Crippen LogP contribution in [-0.2, 0) is 19.5 Å². The minimum Gasteiger partial charge on any atom is -0.348 e. The van der Waals surface area contributed by atoms with Crippen LogP contribution < -0.4 is 10.9 Å². The van der Waals surface area contributed by atoms with Crippen molar-refractivity contribution in [3.63, 3.8) is 0 Å². The van der Waals surface area contributed by atoms with E-state index in [9.17, 15) is 9.59 Å². The maximum absolute atomic E-state index is 13.0. The first kappa shape index (κ1) is 20.1. The number of carbonyl (C=O) groups excluding carboxylic acids is 1. The summed E-state index contributed by atoms with van der Waals surface area (Å²) in [7, 11) is 0. The van der Waals surface area contributed by atoms with Crippen molar-refractivity contribution in [1.29, 1.82) is 0 Å². The van der Waals surface area contributed by atoms with E-state index in [0.717, 1.165) is 55.7 Å². The third-order valence-corrected chi connectivity index (χ3v) is 5.90. The van der Waals surface area contributed by atoms with E-state index < -0.39 is 0 Å². The fraction of sp³-hybridized carbons (Fsp3) is 0.292. The largest absolute Gasteiger partial charge is 0.348 e. The Bertz CT molecular complexity index is 1310. The number of aromatic nitrogens is 5. The molecule has 2 aromatic carbocycles. The smallest absolute Gasteiger partial charge is 0.261 e. The number of hydrogen-bond acceptors (Lipinski definition) is 5. The van der Waals surface area contributed by atoms with Crippen molar-refractivity contribution in [2.24, 2.45) is 0 Å². The lowest BCUT2D eigenvalue weighted by Gasteiger charge is -2.16. The molecule has 0 saturated heterocycles. The van der Waals surface area contributed by atoms with Crippen LogP contribution in [0.15, 0.2) is 59.9 Å². The average molecular weight is 428 g/mol. The quantitative estimate of drug-likeness (QED) is 0.539. The highest BCUT2D eigenvalue weighted by atomic mass is 16.1. The van der Waals surface area contributed by atoms with Gasteiger partial charge in [-0.15, -0.1) is 0 Å². The summed E-state index contributed by atoms with van der Waals surface area (Å²) in [6.45, 7) is 1.11. The molecule has 1 N–H and O–H groups in total. The Morgan fingerprint density at radius 3 is 2.69 bits per heavy atom. The van der Waals surface area contributed by atoms with Crippen molar-refractivity contribution >= 4 is 16.8 Å². The molecule has 8 nitrogen and oxygen atoms in total. The first-order valence-electron chi connectivity index (χ1n) is 10.9. The molecule has 0 fully saturated rings. The molecule has 0 atom stereocenters. The molecule has 0 saturated carbocycles. The highest BCUT2D eigenvalue weighted by Crippen LogP contribution is 2.17. The van der Waals surface area contributed by atoms with Crippen molar-refractivity contribution < 1.29 is 4.79 Å². The fourth-order valence-electron chi connectivity index (χ4n) is 4.13. The van der Waals surface area contributed by atoms with Crippen molar-refractivity contribution in [3.8, 4) is 5.69 Å². The third-order valence-electron chi connectivity index (χ3n) is 5.90. The number of nitrogens with one attached hydrogen (secondary N) is 1. The van der Waals surface area contributed by atoms with Gasteiger partial charge in [0.05, 0.1) is 16.6 Å². The van der Waals surface area contributed by atoms with Gasteiger partial charge in [-0.3, -0.25) is 14.2 Å². The van der Waals surface area contributed by atoms with Crippen LogP contribution in [0.3, 0.4) is 0 Å². The second-order valence-corrected chi connectivity index (χ2v) is 8.07. The number of aryl methyl sites for hydroxylation is 1. The van der Waals surface area contributed by atoms with Crippen molar-refractivity contribution in [2.75, 3.05) is 0 Å². The molecule has 5 rings (SSSR count). The van der Waals surface area contributed by atoms with Crippen molar-refractivity contribution in [1.82, 2.24) is 29.6 Å². The number of hydrogen-bond donors (Lipinski definition) is 1. The van der Waals surface area contributed by atoms with Crippen LogP contribution in [0.5, 0.6) is 0 Å². The van der Waals surface area contributed by atoms with Gasteiger partial charge >= 0.3 is 0 Å². The van der Waals surface area contributed by atoms with E-state index in [-0.39, 0.29) is 11.5 Å². The maximum Gasteiger partial charge on any atom is 0.261 e. The van der Waals surface area contributed by atoms with Gasteiger partial charge < -0.3 is 5.32 Å². The van der Waals surface area contributed by atoms with E-state index in [1.165, 1.54) is 6.33 Å². The van der Waals surface area contributed by atoms with Gasteiger partial charge in [0.25, 0.3) is 11.5 Å². The summed E-state index contributed by atoms with van der Waals surface area (Å²) in [4.78, 5) is 34.4. The molecule has 1 aliphatic heterocycles. The number of rotatable bonds is 4. The van der Waals surface area contributed by atoms with Gasteiger partial charge in [-0.1, -0.05) is 25.0 Å². The second kappa shape index (κ2) is 8.74. The van der Waals surface area contributed by atoms with Gasteiger partial charge in [0.15, 0.2) is 0 Å². The van der Waals surface area contributed by atoms with Crippen molar-refractivity contribution in [2.45, 2.75) is 45.2 Å². The summed E-state index contributed by atoms with van der Waals surface area (Å²) >= 11 is 0. The Labute approximate surface area is 184 Å². The van der Waals surface area contributed by atoms with Gasteiger partial charge in [0.1, 0.15) is 18.5 Å². The maximum atomic E-state index is 13.0. The summed E-state index contributed by atoms with van der Waals surface area (Å²) in [5, 5.41) is 7.61. The van der Waals surface area contributed by atoms with E-state index in [0.29, 0.717) is 23.0 Å². The minimum absolute atomic E-state index is 0.00803. The molecular weight excluding hydrogens is 404 g/mol. The number of nitrogens with zero attached hydrogens (tertiary/aromatic N) is 5. The van der Waals surface area contributed by atoms with Crippen LogP contribution in [0.25, 0.3) is 16.6 Å². The van der Waals surface area contributed by atoms with Gasteiger partial charge in [0, 0.05) is 25.1 Å². The molecule has 32 heavy (non-hydrogen) atoms. The standard InChI is InChI=1S/C24H24N6O2/c31-23(26-14-17-6-9-19(10-7-17)30-16-25-15-27-30)18-8-11-20-21(13-18)28-22-5-3-1-2-4-12-29(22)24(20)32/h6-11,13,15-16H,1-5,12,14H2,(H,26,31). The molecule has 0 aliphatic carbocycles. The van der Waals surface area contributed by atoms with Crippen LogP contribution in [0.1, 0.15) is 47.4 Å². The van der Waals surface area contributed by atoms with Gasteiger partial charge in [-0.25, -0.2) is 14.6 Å². The third kappa shape index (κ3) is 4.03. The molecular formula is C24H24N6O2. The summed E-state index contributed by atoms with van der Waals surface area (Å²) in [6, 6.07) is 12.9. The molecule has 0 radical (unpaired) electrons. The number of benzene rings is 2. The minimum atomic E-state index is -0.194. The Balaban J connectivity index is 1.33. The van der Waals surface area contributed by atoms with Gasteiger partial charge in [0.2, 0.25) is 0 Å². The fourth-order valence-corrected chi connectivity index (χ4v) is 4.13. The van der Waals surface area contributed by atoms with Crippen molar-refractivity contribution in [3.05, 3.63) is 82.4 Å². The first-order chi connectivity index (χ1) is 15.7. The number of amides is 1. The summed E-state index contributed by atoms with van der Waals surface area (Å²) < 4.78 is 3.49. The van der Waals surface area contributed by atoms with Crippen LogP contribution in [0, 0.1) is 0 Å². The molecule has 1 aliphatic rings. The predicted molar refractivity (Wildman–Crippen MR) is 121 cm³/mol. The summed E-state index contributed by atoms with van der Waals surface area (Å²) in [5.74, 6) is 0.633. The zero-order valence-corrected chi connectivity index (χ0v) is 17.7.